The predicted molar refractivity (Wildman–Crippen MR) is 97.8 cm³/mol. The highest BCUT2D eigenvalue weighted by Crippen LogP contribution is 2.41. The maximum Gasteiger partial charge on any atom is 0.341 e. The molecule has 2 fully saturated rings. The van der Waals surface area contributed by atoms with Gasteiger partial charge in [-0.2, -0.15) is 0 Å². The Morgan fingerprint density at radius 2 is 1.78 bits per heavy atom. The quantitative estimate of drug-likeness (QED) is 0.890. The third-order valence-electron chi connectivity index (χ3n) is 5.56. The minimum absolute atomic E-state index is 0.00935. The number of likely N-dealkylation sites (N-methyl/N-ethyl adjacent to an activating group) is 1. The van der Waals surface area contributed by atoms with Crippen LogP contribution in [0.4, 0.5) is 14.5 Å². The number of halogens is 2. The Morgan fingerprint density at radius 1 is 1.15 bits per heavy atom. The van der Waals surface area contributed by atoms with Crippen molar-refractivity contribution in [2.45, 2.75) is 25.8 Å². The summed E-state index contributed by atoms with van der Waals surface area (Å²) in [6.07, 6.45) is 2.92. The van der Waals surface area contributed by atoms with Crippen LogP contribution in [0.15, 0.2) is 11.0 Å². The van der Waals surface area contributed by atoms with Crippen molar-refractivity contribution in [1.82, 2.24) is 9.47 Å². The molecule has 1 aromatic heterocycles. The summed E-state index contributed by atoms with van der Waals surface area (Å²) in [4.78, 5) is 28.0. The van der Waals surface area contributed by atoms with E-state index < -0.39 is 34.0 Å². The molecule has 2 aromatic rings. The molecule has 0 spiro atoms. The Bertz CT molecular complexity index is 1010. The number of hydrogen-bond acceptors (Lipinski definition) is 4. The molecule has 27 heavy (non-hydrogen) atoms. The third-order valence-corrected chi connectivity index (χ3v) is 5.56. The highest BCUT2D eigenvalue weighted by atomic mass is 19.2. The molecule has 0 bridgehead atoms. The summed E-state index contributed by atoms with van der Waals surface area (Å²) in [6, 6.07) is 0.00935. The Hall–Kier alpha value is -2.48. The van der Waals surface area contributed by atoms with Gasteiger partial charge in [-0.15, -0.1) is 0 Å². The molecular weight excluding hydrogens is 356 g/mol. The van der Waals surface area contributed by atoms with Crippen LogP contribution in [0.5, 0.6) is 0 Å². The minimum Gasteiger partial charge on any atom is -0.477 e. The van der Waals surface area contributed by atoms with Gasteiger partial charge in [-0.3, -0.25) is 4.79 Å². The number of piperazine rings is 1. The monoisotopic (exact) mass is 377 g/mol. The predicted octanol–water partition coefficient (Wildman–Crippen LogP) is 2.37. The van der Waals surface area contributed by atoms with Gasteiger partial charge in [0.05, 0.1) is 16.6 Å². The molecular formula is C19H21F2N3O3. The van der Waals surface area contributed by atoms with Gasteiger partial charge in [0.2, 0.25) is 5.43 Å². The second kappa shape index (κ2) is 6.30. The first kappa shape index (κ1) is 17.9. The Kier molecular flexibility index (Phi) is 4.18. The SMILES string of the molecule is Cc1c(N2CCN(C)CC2)c(F)c(F)c2c(=O)c(C(=O)O)cn(C3CC3)c12. The van der Waals surface area contributed by atoms with E-state index in [0.717, 1.165) is 25.9 Å². The standard InChI is InChI=1S/C19H21F2N3O3/c1-10-16-13(18(25)12(19(26)27)9-24(16)11-3-4-11)14(20)15(21)17(10)23-7-5-22(2)6-8-23/h9,11H,3-8H2,1-2H3,(H,26,27). The van der Waals surface area contributed by atoms with Gasteiger partial charge in [-0.25, -0.2) is 13.6 Å². The fourth-order valence-corrected chi connectivity index (χ4v) is 3.91. The fourth-order valence-electron chi connectivity index (χ4n) is 3.91. The van der Waals surface area contributed by atoms with Gasteiger partial charge in [0, 0.05) is 44.0 Å². The summed E-state index contributed by atoms with van der Waals surface area (Å²) >= 11 is 0. The van der Waals surface area contributed by atoms with E-state index in [1.165, 1.54) is 6.20 Å². The van der Waals surface area contributed by atoms with E-state index in [2.05, 4.69) is 4.90 Å². The van der Waals surface area contributed by atoms with E-state index in [0.29, 0.717) is 24.2 Å². The van der Waals surface area contributed by atoms with Gasteiger partial charge < -0.3 is 19.5 Å². The Labute approximate surface area is 154 Å². The number of carboxylic acids is 1. The number of nitrogens with zero attached hydrogens (tertiary/aromatic N) is 3. The average Bonchev–Trinajstić information content (AvgIpc) is 3.46. The van der Waals surface area contributed by atoms with E-state index in [4.69, 9.17) is 0 Å². The molecule has 6 nitrogen and oxygen atoms in total. The number of aromatic carboxylic acids is 1. The van der Waals surface area contributed by atoms with Gasteiger partial charge in [-0.1, -0.05) is 0 Å². The smallest absolute Gasteiger partial charge is 0.341 e. The zero-order chi connectivity index (χ0) is 19.5. The van der Waals surface area contributed by atoms with Crippen molar-refractivity contribution < 1.29 is 18.7 Å². The molecule has 1 saturated carbocycles. The van der Waals surface area contributed by atoms with Crippen LogP contribution >= 0.6 is 0 Å². The van der Waals surface area contributed by atoms with Crippen molar-refractivity contribution in [3.05, 3.63) is 39.2 Å². The van der Waals surface area contributed by atoms with Gasteiger partial charge in [-0.05, 0) is 26.8 Å². The average molecular weight is 377 g/mol. The topological polar surface area (TPSA) is 65.8 Å². The highest BCUT2D eigenvalue weighted by molar-refractivity contribution is 5.95. The molecule has 1 aliphatic heterocycles. The van der Waals surface area contributed by atoms with Crippen LogP contribution < -0.4 is 10.3 Å². The normalized spacial score (nSPS) is 18.3. The second-order valence-electron chi connectivity index (χ2n) is 7.43. The maximum absolute atomic E-state index is 15.0. The first-order valence-corrected chi connectivity index (χ1v) is 9.04. The van der Waals surface area contributed by atoms with E-state index >= 15 is 8.78 Å². The van der Waals surface area contributed by atoms with E-state index in [1.54, 1.807) is 16.4 Å². The van der Waals surface area contributed by atoms with Crippen LogP contribution in [-0.4, -0.2) is 53.8 Å². The van der Waals surface area contributed by atoms with Crippen LogP contribution in [-0.2, 0) is 0 Å². The van der Waals surface area contributed by atoms with Crippen LogP contribution in [0, 0.1) is 18.6 Å². The summed E-state index contributed by atoms with van der Waals surface area (Å²) in [6.45, 7) is 4.25. The molecule has 2 heterocycles. The molecule has 4 rings (SSSR count). The number of carbonyl (C=O) groups is 1. The van der Waals surface area contributed by atoms with Crippen molar-refractivity contribution in [2.75, 3.05) is 38.1 Å². The van der Waals surface area contributed by atoms with Crippen LogP contribution in [0.2, 0.25) is 0 Å². The number of fused-ring (bicyclic) bond motifs is 1. The minimum atomic E-state index is -1.43. The van der Waals surface area contributed by atoms with E-state index in [9.17, 15) is 14.7 Å². The lowest BCUT2D eigenvalue weighted by molar-refractivity contribution is 0.0695. The van der Waals surface area contributed by atoms with Crippen molar-refractivity contribution in [3.8, 4) is 0 Å². The number of rotatable bonds is 3. The number of pyridine rings is 1. The van der Waals surface area contributed by atoms with Crippen molar-refractivity contribution in [1.29, 1.82) is 0 Å². The third kappa shape index (κ3) is 2.79. The Morgan fingerprint density at radius 3 is 2.33 bits per heavy atom. The Balaban J connectivity index is 2.03. The molecule has 1 saturated heterocycles. The molecule has 0 unspecified atom stereocenters. The van der Waals surface area contributed by atoms with Gasteiger partial charge >= 0.3 is 5.97 Å². The molecule has 8 heteroatoms. The maximum atomic E-state index is 15.0. The summed E-state index contributed by atoms with van der Waals surface area (Å²) in [5.41, 5.74) is -0.544. The first-order chi connectivity index (χ1) is 12.8. The van der Waals surface area contributed by atoms with Crippen molar-refractivity contribution in [2.24, 2.45) is 0 Å². The summed E-state index contributed by atoms with van der Waals surface area (Å²) in [7, 11) is 1.97. The van der Waals surface area contributed by atoms with E-state index in [-0.39, 0.29) is 11.7 Å². The zero-order valence-electron chi connectivity index (χ0n) is 15.3. The highest BCUT2D eigenvalue weighted by Gasteiger charge is 2.32. The summed E-state index contributed by atoms with van der Waals surface area (Å²) in [5.74, 6) is -3.77. The molecule has 2 aliphatic rings. The summed E-state index contributed by atoms with van der Waals surface area (Å²) < 4.78 is 31.7. The molecule has 144 valence electrons. The zero-order valence-corrected chi connectivity index (χ0v) is 15.3. The number of anilines is 1. The second-order valence-corrected chi connectivity index (χ2v) is 7.43. The van der Waals surface area contributed by atoms with Crippen molar-refractivity contribution >= 4 is 22.6 Å². The molecule has 1 aliphatic carbocycles. The molecule has 1 N–H and O–H groups in total. The number of carboxylic acid groups (broad SMARTS) is 1. The lowest BCUT2D eigenvalue weighted by Crippen LogP contribution is -2.45. The fraction of sp³-hybridized carbons (Fsp3) is 0.474. The first-order valence-electron chi connectivity index (χ1n) is 9.04. The number of aryl methyl sites for hydroxylation is 1. The van der Waals surface area contributed by atoms with Crippen LogP contribution in [0.3, 0.4) is 0 Å². The molecule has 0 radical (unpaired) electrons. The van der Waals surface area contributed by atoms with Gasteiger partial charge in [0.1, 0.15) is 5.56 Å². The number of aromatic nitrogens is 1. The largest absolute Gasteiger partial charge is 0.477 e. The van der Waals surface area contributed by atoms with Gasteiger partial charge in [0.25, 0.3) is 0 Å². The lowest BCUT2D eigenvalue weighted by Gasteiger charge is -2.35. The lowest BCUT2D eigenvalue weighted by atomic mass is 10.0. The molecule has 1 aromatic carbocycles. The van der Waals surface area contributed by atoms with Crippen LogP contribution in [0.25, 0.3) is 10.9 Å². The van der Waals surface area contributed by atoms with Gasteiger partial charge in [0.15, 0.2) is 11.6 Å². The number of hydrogen-bond donors (Lipinski definition) is 1. The molecule has 0 amide bonds. The van der Waals surface area contributed by atoms with Crippen LogP contribution in [0.1, 0.15) is 34.8 Å². The van der Waals surface area contributed by atoms with Crippen molar-refractivity contribution in [3.63, 3.8) is 0 Å². The summed E-state index contributed by atoms with van der Waals surface area (Å²) in [5, 5.41) is 8.86. The van der Waals surface area contributed by atoms with E-state index in [1.807, 2.05) is 7.05 Å². The number of benzene rings is 1. The molecule has 0 atom stereocenters.